The van der Waals surface area contributed by atoms with Crippen LogP contribution in [0.25, 0.3) is 0 Å². The van der Waals surface area contributed by atoms with E-state index in [4.69, 9.17) is 4.74 Å². The molecule has 0 bridgehead atoms. The smallest absolute Gasteiger partial charge is 0.227 e. The van der Waals surface area contributed by atoms with E-state index in [-0.39, 0.29) is 11.8 Å². The summed E-state index contributed by atoms with van der Waals surface area (Å²) in [6.45, 7) is 5.30. The second kappa shape index (κ2) is 11.8. The van der Waals surface area contributed by atoms with Crippen molar-refractivity contribution in [2.75, 3.05) is 45.1 Å². The Morgan fingerprint density at radius 2 is 1.94 bits per heavy atom. The van der Waals surface area contributed by atoms with E-state index < -0.39 is 0 Å². The van der Waals surface area contributed by atoms with Gasteiger partial charge in [0.1, 0.15) is 5.82 Å². The fourth-order valence-electron chi connectivity index (χ4n) is 4.78. The van der Waals surface area contributed by atoms with Crippen LogP contribution >= 0.6 is 11.8 Å². The lowest BCUT2D eigenvalue weighted by Crippen LogP contribution is -2.37. The number of nitrogens with zero attached hydrogens (tertiary/aromatic N) is 4. The molecule has 8 heteroatoms. The Bertz CT molecular complexity index is 847. The third-order valence-electron chi connectivity index (χ3n) is 6.63. The number of hydrogen-bond donors (Lipinski definition) is 1. The van der Waals surface area contributed by atoms with Crippen molar-refractivity contribution < 1.29 is 9.53 Å². The quantitative estimate of drug-likeness (QED) is 0.553. The van der Waals surface area contributed by atoms with Gasteiger partial charge in [0.2, 0.25) is 5.91 Å². The monoisotopic (exact) mass is 457 g/mol. The van der Waals surface area contributed by atoms with Gasteiger partial charge < -0.3 is 14.6 Å². The zero-order chi connectivity index (χ0) is 22.2. The molecule has 2 aromatic rings. The lowest BCUT2D eigenvalue weighted by Gasteiger charge is -2.26. The minimum atomic E-state index is -0.0514. The average Bonchev–Trinajstić information content (AvgIpc) is 3.47. The molecule has 0 radical (unpaired) electrons. The van der Waals surface area contributed by atoms with Gasteiger partial charge >= 0.3 is 0 Å². The highest BCUT2D eigenvalue weighted by molar-refractivity contribution is 7.99. The van der Waals surface area contributed by atoms with Gasteiger partial charge in [-0.25, -0.2) is 0 Å². The van der Waals surface area contributed by atoms with Crippen LogP contribution < -0.4 is 5.32 Å². The Morgan fingerprint density at radius 1 is 1.19 bits per heavy atom. The van der Waals surface area contributed by atoms with E-state index in [1.807, 2.05) is 25.2 Å². The van der Waals surface area contributed by atoms with Crippen LogP contribution in [0.2, 0.25) is 0 Å². The molecule has 1 aliphatic carbocycles. The van der Waals surface area contributed by atoms with Gasteiger partial charge in [-0.3, -0.25) is 9.69 Å². The van der Waals surface area contributed by atoms with Crippen molar-refractivity contribution in [1.82, 2.24) is 25.0 Å². The maximum atomic E-state index is 13.1. The number of morpholine rings is 1. The fraction of sp³-hybridized carbons (Fsp3) is 0.625. The summed E-state index contributed by atoms with van der Waals surface area (Å²) in [7, 11) is 2.01. The van der Waals surface area contributed by atoms with Gasteiger partial charge in [-0.2, -0.15) is 0 Å². The van der Waals surface area contributed by atoms with Crippen LogP contribution in [0.4, 0.5) is 0 Å². The molecular weight excluding hydrogens is 422 g/mol. The highest BCUT2D eigenvalue weighted by Gasteiger charge is 2.31. The number of aromatic nitrogens is 3. The number of amides is 1. The first-order valence-electron chi connectivity index (χ1n) is 11.9. The molecule has 1 aromatic carbocycles. The molecule has 1 aromatic heterocycles. The number of carbonyl (C=O) groups excluding carboxylic acids is 1. The predicted octanol–water partition coefficient (Wildman–Crippen LogP) is 2.87. The molecule has 174 valence electrons. The van der Waals surface area contributed by atoms with Crippen molar-refractivity contribution in [3.63, 3.8) is 0 Å². The van der Waals surface area contributed by atoms with E-state index in [1.54, 1.807) is 11.8 Å². The van der Waals surface area contributed by atoms with Gasteiger partial charge in [0.15, 0.2) is 5.16 Å². The van der Waals surface area contributed by atoms with Crippen molar-refractivity contribution >= 4 is 17.7 Å². The number of nitrogens with one attached hydrogen (secondary N) is 1. The van der Waals surface area contributed by atoms with Crippen molar-refractivity contribution in [1.29, 1.82) is 0 Å². The number of hydrogen-bond acceptors (Lipinski definition) is 6. The van der Waals surface area contributed by atoms with Gasteiger partial charge in [0.25, 0.3) is 0 Å². The molecule has 2 aliphatic rings. The largest absolute Gasteiger partial charge is 0.379 e. The topological polar surface area (TPSA) is 72.3 Å². The third kappa shape index (κ3) is 6.11. The average molecular weight is 458 g/mol. The molecule has 7 nitrogen and oxygen atoms in total. The van der Waals surface area contributed by atoms with Crippen LogP contribution in [0.15, 0.2) is 35.5 Å². The van der Waals surface area contributed by atoms with E-state index in [0.29, 0.717) is 18.9 Å². The van der Waals surface area contributed by atoms with E-state index in [1.165, 1.54) is 12.8 Å². The van der Waals surface area contributed by atoms with Gasteiger partial charge in [0, 0.05) is 45.4 Å². The third-order valence-corrected chi connectivity index (χ3v) is 7.63. The first-order valence-corrected chi connectivity index (χ1v) is 12.8. The summed E-state index contributed by atoms with van der Waals surface area (Å²) in [4.78, 5) is 15.6. The predicted molar refractivity (Wildman–Crippen MR) is 127 cm³/mol. The molecule has 1 N–H and O–H groups in total. The molecule has 1 saturated carbocycles. The zero-order valence-electron chi connectivity index (χ0n) is 19.0. The SMILES string of the molecule is Cn1c(CCNC(=O)[C@H](c2ccccc2)C2CCCC2)nnc1SCCN1CCOCC1. The van der Waals surface area contributed by atoms with Crippen LogP contribution in [-0.2, 0) is 23.0 Å². The molecule has 32 heavy (non-hydrogen) atoms. The Balaban J connectivity index is 1.26. The molecule has 1 aliphatic heterocycles. The summed E-state index contributed by atoms with van der Waals surface area (Å²) in [5.74, 6) is 2.44. The standard InChI is InChI=1S/C24H35N5O2S/c1-28-21(26-27-24(28)32-18-15-29-13-16-31-17-14-29)11-12-25-23(30)22(20-9-5-6-10-20)19-7-3-2-4-8-19/h2-4,7-8,20,22H,5-6,9-18H2,1H3,(H,25,30)/t22-/m1/s1. The van der Waals surface area contributed by atoms with Gasteiger partial charge in [-0.05, 0) is 24.3 Å². The molecule has 2 fully saturated rings. The number of benzene rings is 1. The van der Waals surface area contributed by atoms with Crippen LogP contribution in [0.5, 0.6) is 0 Å². The maximum absolute atomic E-state index is 13.1. The van der Waals surface area contributed by atoms with Crippen molar-refractivity contribution in [3.8, 4) is 0 Å². The van der Waals surface area contributed by atoms with E-state index >= 15 is 0 Å². The number of thioether (sulfide) groups is 1. The number of rotatable bonds is 10. The lowest BCUT2D eigenvalue weighted by atomic mass is 9.84. The Labute approximate surface area is 195 Å². The molecular formula is C24H35N5O2S. The van der Waals surface area contributed by atoms with Gasteiger partial charge in [-0.15, -0.1) is 10.2 Å². The highest BCUT2D eigenvalue weighted by Crippen LogP contribution is 2.37. The Morgan fingerprint density at radius 3 is 2.69 bits per heavy atom. The second-order valence-corrected chi connectivity index (χ2v) is 9.80. The first-order chi connectivity index (χ1) is 15.7. The second-order valence-electron chi connectivity index (χ2n) is 8.73. The van der Waals surface area contributed by atoms with Crippen LogP contribution in [0.1, 0.15) is 43.0 Å². The summed E-state index contributed by atoms with van der Waals surface area (Å²) >= 11 is 1.74. The molecule has 1 atom stereocenters. The minimum absolute atomic E-state index is 0.0514. The summed E-state index contributed by atoms with van der Waals surface area (Å²) in [6, 6.07) is 10.2. The van der Waals surface area contributed by atoms with Crippen LogP contribution in [-0.4, -0.2) is 70.7 Å². The molecule has 0 unspecified atom stereocenters. The van der Waals surface area contributed by atoms with Gasteiger partial charge in [0.05, 0.1) is 19.1 Å². The van der Waals surface area contributed by atoms with Gasteiger partial charge in [-0.1, -0.05) is 54.9 Å². The summed E-state index contributed by atoms with van der Waals surface area (Å²) < 4.78 is 7.46. The molecule has 1 saturated heterocycles. The van der Waals surface area contributed by atoms with Crippen molar-refractivity contribution in [2.45, 2.75) is 43.2 Å². The summed E-state index contributed by atoms with van der Waals surface area (Å²) in [5.41, 5.74) is 1.13. The molecule has 4 rings (SSSR count). The summed E-state index contributed by atoms with van der Waals surface area (Å²) in [5, 5.41) is 12.8. The van der Waals surface area contributed by atoms with E-state index in [0.717, 1.165) is 68.0 Å². The van der Waals surface area contributed by atoms with Crippen LogP contribution in [0, 0.1) is 5.92 Å². The minimum Gasteiger partial charge on any atom is -0.379 e. The van der Waals surface area contributed by atoms with Crippen molar-refractivity contribution in [3.05, 3.63) is 41.7 Å². The normalized spacial score (nSPS) is 18.7. The highest BCUT2D eigenvalue weighted by atomic mass is 32.2. The molecule has 2 heterocycles. The van der Waals surface area contributed by atoms with E-state index in [9.17, 15) is 4.79 Å². The van der Waals surface area contributed by atoms with Crippen molar-refractivity contribution in [2.24, 2.45) is 13.0 Å². The lowest BCUT2D eigenvalue weighted by molar-refractivity contribution is -0.123. The first kappa shape index (κ1) is 23.3. The Hall–Kier alpha value is -1.90. The van der Waals surface area contributed by atoms with E-state index in [2.05, 4.69) is 37.1 Å². The molecule has 1 amide bonds. The van der Waals surface area contributed by atoms with Crippen LogP contribution in [0.3, 0.4) is 0 Å². The molecule has 0 spiro atoms. The maximum Gasteiger partial charge on any atom is 0.227 e. The summed E-state index contributed by atoms with van der Waals surface area (Å²) in [6.07, 6.45) is 5.42. The Kier molecular flexibility index (Phi) is 8.59. The number of ether oxygens (including phenoxy) is 1. The fourth-order valence-corrected chi connectivity index (χ4v) is 5.71. The zero-order valence-corrected chi connectivity index (χ0v) is 19.9. The number of carbonyl (C=O) groups is 1.